The SMILES string of the molecule is CCOC(=O)C(C(=O)O)C(C)c1ccc2c(c1)OCO2. The Morgan fingerprint density at radius 1 is 1.35 bits per heavy atom. The van der Waals surface area contributed by atoms with Crippen LogP contribution in [0, 0.1) is 5.92 Å². The van der Waals surface area contributed by atoms with Gasteiger partial charge in [-0.05, 0) is 24.6 Å². The summed E-state index contributed by atoms with van der Waals surface area (Å²) in [5.74, 6) is -2.53. The highest BCUT2D eigenvalue weighted by Crippen LogP contribution is 2.36. The normalized spacial score (nSPS) is 15.5. The van der Waals surface area contributed by atoms with Gasteiger partial charge in [0.1, 0.15) is 0 Å². The lowest BCUT2D eigenvalue weighted by Gasteiger charge is -2.19. The van der Waals surface area contributed by atoms with Crippen LogP contribution in [0.25, 0.3) is 0 Å². The molecule has 0 spiro atoms. The average molecular weight is 280 g/mol. The van der Waals surface area contributed by atoms with E-state index in [9.17, 15) is 14.7 Å². The van der Waals surface area contributed by atoms with Crippen LogP contribution in [0.3, 0.4) is 0 Å². The highest BCUT2D eigenvalue weighted by molar-refractivity contribution is 5.95. The molecule has 20 heavy (non-hydrogen) atoms. The number of esters is 1. The minimum absolute atomic E-state index is 0.146. The molecule has 1 heterocycles. The first-order valence-corrected chi connectivity index (χ1v) is 6.33. The number of carboxylic acids is 1. The molecule has 0 bridgehead atoms. The van der Waals surface area contributed by atoms with Crippen molar-refractivity contribution in [1.82, 2.24) is 0 Å². The van der Waals surface area contributed by atoms with E-state index in [0.717, 1.165) is 0 Å². The first-order chi connectivity index (χ1) is 9.54. The molecular formula is C14H16O6. The van der Waals surface area contributed by atoms with Crippen LogP contribution < -0.4 is 9.47 Å². The second-order valence-electron chi connectivity index (χ2n) is 4.47. The van der Waals surface area contributed by atoms with Crippen LogP contribution in [0.4, 0.5) is 0 Å². The molecule has 0 aromatic heterocycles. The van der Waals surface area contributed by atoms with Crippen molar-refractivity contribution in [3.63, 3.8) is 0 Å². The highest BCUT2D eigenvalue weighted by Gasteiger charge is 2.35. The molecule has 0 saturated carbocycles. The van der Waals surface area contributed by atoms with Crippen molar-refractivity contribution in [3.8, 4) is 11.5 Å². The van der Waals surface area contributed by atoms with Crippen molar-refractivity contribution < 1.29 is 28.9 Å². The predicted octanol–water partition coefficient (Wildman–Crippen LogP) is 1.78. The number of hydrogen-bond acceptors (Lipinski definition) is 5. The zero-order valence-corrected chi connectivity index (χ0v) is 11.3. The lowest BCUT2D eigenvalue weighted by molar-refractivity contribution is -0.159. The van der Waals surface area contributed by atoms with Crippen molar-refractivity contribution in [2.45, 2.75) is 19.8 Å². The molecule has 2 atom stereocenters. The maximum Gasteiger partial charge on any atom is 0.320 e. The van der Waals surface area contributed by atoms with Crippen molar-refractivity contribution in [3.05, 3.63) is 23.8 Å². The van der Waals surface area contributed by atoms with Gasteiger partial charge in [-0.25, -0.2) is 0 Å². The maximum absolute atomic E-state index is 11.8. The number of ether oxygens (including phenoxy) is 3. The number of fused-ring (bicyclic) bond motifs is 1. The summed E-state index contributed by atoms with van der Waals surface area (Å²) in [7, 11) is 0. The van der Waals surface area contributed by atoms with Gasteiger partial charge in [-0.3, -0.25) is 9.59 Å². The molecule has 1 aromatic carbocycles. The van der Waals surface area contributed by atoms with Gasteiger partial charge in [0.25, 0.3) is 0 Å². The van der Waals surface area contributed by atoms with E-state index in [0.29, 0.717) is 17.1 Å². The number of benzene rings is 1. The number of hydrogen-bond donors (Lipinski definition) is 1. The molecule has 108 valence electrons. The van der Waals surface area contributed by atoms with Crippen LogP contribution >= 0.6 is 0 Å². The molecule has 2 unspecified atom stereocenters. The number of aliphatic carboxylic acids is 1. The van der Waals surface area contributed by atoms with Gasteiger partial charge in [-0.15, -0.1) is 0 Å². The van der Waals surface area contributed by atoms with E-state index in [1.54, 1.807) is 32.0 Å². The fourth-order valence-corrected chi connectivity index (χ4v) is 2.14. The zero-order valence-electron chi connectivity index (χ0n) is 11.3. The summed E-state index contributed by atoms with van der Waals surface area (Å²) in [6.45, 7) is 3.61. The maximum atomic E-state index is 11.8. The molecule has 1 N–H and O–H groups in total. The summed E-state index contributed by atoms with van der Waals surface area (Å²) in [6.07, 6.45) is 0. The number of carbonyl (C=O) groups excluding carboxylic acids is 1. The summed E-state index contributed by atoms with van der Waals surface area (Å²) < 4.78 is 15.3. The number of carboxylic acid groups (broad SMARTS) is 1. The Morgan fingerprint density at radius 3 is 2.70 bits per heavy atom. The zero-order chi connectivity index (χ0) is 14.7. The third-order valence-corrected chi connectivity index (χ3v) is 3.23. The van der Waals surface area contributed by atoms with Gasteiger partial charge in [0.15, 0.2) is 17.4 Å². The molecule has 6 nitrogen and oxygen atoms in total. The van der Waals surface area contributed by atoms with Gasteiger partial charge < -0.3 is 19.3 Å². The van der Waals surface area contributed by atoms with Gasteiger partial charge in [0, 0.05) is 5.92 Å². The van der Waals surface area contributed by atoms with E-state index in [1.165, 1.54) is 0 Å². The van der Waals surface area contributed by atoms with E-state index < -0.39 is 23.8 Å². The quantitative estimate of drug-likeness (QED) is 0.654. The van der Waals surface area contributed by atoms with Gasteiger partial charge >= 0.3 is 11.9 Å². The van der Waals surface area contributed by atoms with Gasteiger partial charge in [0.05, 0.1) is 6.61 Å². The lowest BCUT2D eigenvalue weighted by Crippen LogP contribution is -2.30. The molecule has 1 aliphatic heterocycles. The minimum Gasteiger partial charge on any atom is -0.481 e. The third-order valence-electron chi connectivity index (χ3n) is 3.23. The Morgan fingerprint density at radius 2 is 2.05 bits per heavy atom. The summed E-state index contributed by atoms with van der Waals surface area (Å²) in [6, 6.07) is 5.13. The van der Waals surface area contributed by atoms with Crippen LogP contribution in [0.2, 0.25) is 0 Å². The molecule has 1 aliphatic rings. The van der Waals surface area contributed by atoms with E-state index in [1.807, 2.05) is 0 Å². The fourth-order valence-electron chi connectivity index (χ4n) is 2.14. The summed E-state index contributed by atoms with van der Waals surface area (Å²) in [5, 5.41) is 9.24. The second kappa shape index (κ2) is 5.81. The fraction of sp³-hybridized carbons (Fsp3) is 0.429. The van der Waals surface area contributed by atoms with E-state index in [-0.39, 0.29) is 13.4 Å². The van der Waals surface area contributed by atoms with Gasteiger partial charge in [-0.2, -0.15) is 0 Å². The Hall–Kier alpha value is -2.24. The number of rotatable bonds is 5. The molecule has 0 amide bonds. The molecule has 0 radical (unpaired) electrons. The predicted molar refractivity (Wildman–Crippen MR) is 68.7 cm³/mol. The topological polar surface area (TPSA) is 82.1 Å². The molecule has 0 aliphatic carbocycles. The molecule has 0 saturated heterocycles. The first kappa shape index (κ1) is 14.2. The van der Waals surface area contributed by atoms with Gasteiger partial charge in [0.2, 0.25) is 6.79 Å². The van der Waals surface area contributed by atoms with Crippen molar-refractivity contribution in [2.75, 3.05) is 13.4 Å². The van der Waals surface area contributed by atoms with Crippen molar-refractivity contribution >= 4 is 11.9 Å². The Bertz CT molecular complexity index is 524. The Kier molecular flexibility index (Phi) is 4.12. The van der Waals surface area contributed by atoms with Crippen LogP contribution in [0.5, 0.6) is 11.5 Å². The Labute approximate surface area is 116 Å². The number of carbonyl (C=O) groups is 2. The smallest absolute Gasteiger partial charge is 0.320 e. The van der Waals surface area contributed by atoms with Crippen LogP contribution in [0.15, 0.2) is 18.2 Å². The summed E-state index contributed by atoms with van der Waals surface area (Å²) >= 11 is 0. The van der Waals surface area contributed by atoms with Crippen molar-refractivity contribution in [1.29, 1.82) is 0 Å². The lowest BCUT2D eigenvalue weighted by atomic mass is 9.87. The molecular weight excluding hydrogens is 264 g/mol. The standard InChI is InChI=1S/C14H16O6/c1-3-18-14(17)12(13(15)16)8(2)9-4-5-10-11(6-9)20-7-19-10/h4-6,8,12H,3,7H2,1-2H3,(H,15,16). The van der Waals surface area contributed by atoms with Crippen LogP contribution in [-0.2, 0) is 14.3 Å². The van der Waals surface area contributed by atoms with Crippen LogP contribution in [-0.4, -0.2) is 30.4 Å². The minimum atomic E-state index is -1.24. The van der Waals surface area contributed by atoms with Crippen molar-refractivity contribution in [2.24, 2.45) is 5.92 Å². The highest BCUT2D eigenvalue weighted by atomic mass is 16.7. The van der Waals surface area contributed by atoms with Crippen LogP contribution in [0.1, 0.15) is 25.3 Å². The molecule has 6 heteroatoms. The summed E-state index contributed by atoms with van der Waals surface area (Å²) in [5.41, 5.74) is 0.690. The molecule has 2 rings (SSSR count). The Balaban J connectivity index is 2.25. The largest absolute Gasteiger partial charge is 0.481 e. The van der Waals surface area contributed by atoms with E-state index in [2.05, 4.69) is 0 Å². The van der Waals surface area contributed by atoms with E-state index in [4.69, 9.17) is 14.2 Å². The average Bonchev–Trinajstić information content (AvgIpc) is 2.85. The van der Waals surface area contributed by atoms with E-state index >= 15 is 0 Å². The summed E-state index contributed by atoms with van der Waals surface area (Å²) in [4.78, 5) is 23.1. The molecule has 1 aromatic rings. The van der Waals surface area contributed by atoms with Gasteiger partial charge in [-0.1, -0.05) is 13.0 Å². The third kappa shape index (κ3) is 2.68. The first-order valence-electron chi connectivity index (χ1n) is 6.33. The molecule has 0 fully saturated rings. The second-order valence-corrected chi connectivity index (χ2v) is 4.47. The monoisotopic (exact) mass is 280 g/mol.